The number of fused-ring (bicyclic) bond motifs is 8. The van der Waals surface area contributed by atoms with Gasteiger partial charge in [0.2, 0.25) is 0 Å². The Balaban J connectivity index is 0.000000764. The molecule has 0 radical (unpaired) electrons. The van der Waals surface area contributed by atoms with E-state index < -0.39 is 64.6 Å². The van der Waals surface area contributed by atoms with Gasteiger partial charge >= 0.3 is 53.7 Å². The van der Waals surface area contributed by atoms with E-state index in [1.165, 1.54) is 95.6 Å². The van der Waals surface area contributed by atoms with Crippen LogP contribution in [0.2, 0.25) is 0 Å². The molecule has 0 saturated heterocycles. The number of hydrogen-bond donors (Lipinski definition) is 9. The zero-order valence-corrected chi connectivity index (χ0v) is 90.6. The van der Waals surface area contributed by atoms with Crippen molar-refractivity contribution in [3.8, 4) is 0 Å². The van der Waals surface area contributed by atoms with Gasteiger partial charge in [0.1, 0.15) is 0 Å². The first kappa shape index (κ1) is 127. The van der Waals surface area contributed by atoms with Crippen LogP contribution in [-0.4, -0.2) is 99.7 Å². The summed E-state index contributed by atoms with van der Waals surface area (Å²) in [5, 5.41) is 78.4. The highest BCUT2D eigenvalue weighted by molar-refractivity contribution is 5.85. The summed E-state index contributed by atoms with van der Waals surface area (Å²) in [5.41, 5.74) is 13.3. The van der Waals surface area contributed by atoms with E-state index in [4.69, 9.17) is 20.4 Å². The normalized spacial score (nSPS) is 28.7. The molecule has 138 heavy (non-hydrogen) atoms. The lowest BCUT2D eigenvalue weighted by atomic mass is 9.50. The fourth-order valence-electron chi connectivity index (χ4n) is 20.7. The third-order valence-electron chi connectivity index (χ3n) is 31.3. The smallest absolute Gasteiger partial charge is 0.330 e. The first-order valence-electron chi connectivity index (χ1n) is 51.3. The van der Waals surface area contributed by atoms with E-state index in [2.05, 4.69) is 297 Å². The van der Waals surface area contributed by atoms with Gasteiger partial charge in [0.05, 0.1) is 34.5 Å². The van der Waals surface area contributed by atoms with Crippen LogP contribution in [0.3, 0.4) is 0 Å². The molecule has 776 valence electrons. The van der Waals surface area contributed by atoms with E-state index in [9.17, 15) is 68.7 Å². The lowest BCUT2D eigenvalue weighted by Gasteiger charge is -2.53. The molecule has 0 heterocycles. The summed E-state index contributed by atoms with van der Waals surface area (Å²) in [6.07, 6.45) is 64.9. The number of aliphatic carboxylic acids is 9. The average molecular weight is 1920 g/mol. The predicted octanol–water partition coefficient (Wildman–Crippen LogP) is 31.1. The van der Waals surface area contributed by atoms with Crippen LogP contribution in [0.4, 0.5) is 0 Å². The number of hydrogen-bond acceptors (Lipinski definition) is 9. The van der Waals surface area contributed by atoms with Crippen LogP contribution in [0.5, 0.6) is 0 Å². The highest BCUT2D eigenvalue weighted by Gasteiger charge is 2.55. The zero-order chi connectivity index (χ0) is 106. The highest BCUT2D eigenvalue weighted by Crippen LogP contribution is 2.60. The molecule has 0 aromatic carbocycles. The van der Waals surface area contributed by atoms with Gasteiger partial charge < -0.3 is 46.0 Å². The summed E-state index contributed by atoms with van der Waals surface area (Å²) in [4.78, 5) is 95.3. The number of carboxylic acid groups (broad SMARTS) is 9. The van der Waals surface area contributed by atoms with Crippen LogP contribution in [-0.2, 0) is 43.2 Å². The monoisotopic (exact) mass is 1920 g/mol. The van der Waals surface area contributed by atoms with Crippen molar-refractivity contribution in [3.63, 3.8) is 0 Å². The molecule has 16 aliphatic carbocycles. The van der Waals surface area contributed by atoms with Gasteiger partial charge in [-0.05, 0) is 350 Å². The standard InChI is InChI=1S/2C14H22O2.4C13H20O2.2C10H16.C10H18.C4H6O2.2C3H4O2/c1-11(2)6-4-7-12-8-5-9-14(3,10-12)13(15)16;1-11(2)5-4-6-12-7-9-14(3,10-8-12)13(15)16;1-7(2)10-5-9-6-12(13(14)15)11(10)4-8(9)3;1-7(2)10-6-11-8(3)4-9(10)5-12(11)13(14)15;1-9(2)13-6-4-12(3,5-7-13)10(8-13)11(14)15;1-9(2)13-6-4-12(3,5-7-13)8-10(13)11(14)15;2*1-8(2)10-6-4-9(3)5-7-10;1-5-10(4)8-6-7-9(2)3;1-3(2)4(5)6;2*1-2-3(4)5/h6,8H,4-5,7,9-10H2,1-3H3,(H,15,16);5,7H,4,6,8-10H2,1-3H3,(H,15,16);2*4,7,9-12H,5-6H2,1-3H3,(H,14,15);2*4,6,9-10H,5,7-8H2,1-3H3,(H,14,15);4,6,8H,5,7H2,1-3H3;4-6,8,10H,7H2,1-3H3;5,7,10H,1,6,8H2,2-4H3;1H2,2H3,(H,5,6);2*2H,1H2,(H,4,5)/t;;9-,10?,11+,12-;9-,10?,11+,12+;10?,12-,13-;10?,12-,13+;;;;;;/m..1100....../s1. The molecule has 18 atom stereocenters. The fraction of sp³-hybridized carbons (Fsp3) is 0.642. The van der Waals surface area contributed by atoms with Crippen LogP contribution >= 0.6 is 0 Å². The van der Waals surface area contributed by atoms with Gasteiger partial charge in [0.15, 0.2) is 0 Å². The minimum absolute atomic E-state index is 0.0798. The molecule has 0 amide bonds. The lowest BCUT2D eigenvalue weighted by Crippen LogP contribution is -2.49. The Labute approximate surface area is 834 Å². The number of carbonyl (C=O) groups is 9. The summed E-state index contributed by atoms with van der Waals surface area (Å²) in [6.45, 7) is 72.5. The Hall–Kier alpha value is -9.19. The molecule has 0 aliphatic heterocycles. The Morgan fingerprint density at radius 2 is 1.04 bits per heavy atom. The summed E-state index contributed by atoms with van der Waals surface area (Å²) >= 11 is 0. The molecule has 8 bridgehead atoms. The minimum Gasteiger partial charge on any atom is -0.481 e. The van der Waals surface area contributed by atoms with Crippen molar-refractivity contribution >= 4 is 53.7 Å². The second-order valence-corrected chi connectivity index (χ2v) is 45.3. The van der Waals surface area contributed by atoms with Crippen molar-refractivity contribution < 1.29 is 89.1 Å². The van der Waals surface area contributed by atoms with Gasteiger partial charge in [-0.15, -0.1) is 6.58 Å². The first-order valence-corrected chi connectivity index (χ1v) is 51.3. The molecule has 0 spiro atoms. The molecule has 18 heteroatoms. The molecule has 16 aliphatic rings. The summed E-state index contributed by atoms with van der Waals surface area (Å²) < 4.78 is 0. The van der Waals surface area contributed by atoms with Crippen molar-refractivity contribution in [2.24, 2.45) is 139 Å². The van der Waals surface area contributed by atoms with Crippen molar-refractivity contribution in [2.45, 2.75) is 354 Å². The number of rotatable bonds is 25. The van der Waals surface area contributed by atoms with Crippen molar-refractivity contribution in [2.75, 3.05) is 0 Å². The highest BCUT2D eigenvalue weighted by atomic mass is 16.4. The van der Waals surface area contributed by atoms with Gasteiger partial charge in [-0.3, -0.25) is 28.8 Å². The SMILES string of the molecule is C=C(C)C(=O)O.C=CC(=O)O.C=CC(=O)O.C=CC(C)CCC=C(C)C.CC(C)=CCCC1=CCC(C)(C(=O)O)CC1.CC(C)=CCCC1=CCCC(C)(C(=O)O)C1.CC(C)[C@@]12C=C[C@@](C)(CC1)C(C(=O)O)C2.CC(C)[C@@]12C=C[C@@](C)(CC1)CC2C(=O)O.CC1=CC=C(C(C)C)CC1.CC1=CCC(C(C)C)C=C1.CC1=C[C@@H]2C[C@H](C(=O)O)[C@H]1CC2C(C)C.CC1=C[C@H]2C(C(C)C)C[C@@H]1C[C@H]2C(=O)O. The van der Waals surface area contributed by atoms with E-state index in [1.54, 1.807) is 5.57 Å². The van der Waals surface area contributed by atoms with Gasteiger partial charge in [-0.1, -0.05) is 283 Å². The topological polar surface area (TPSA) is 336 Å². The van der Waals surface area contributed by atoms with E-state index in [0.29, 0.717) is 65.6 Å². The summed E-state index contributed by atoms with van der Waals surface area (Å²) in [5.74, 6) is 0.885. The van der Waals surface area contributed by atoms with E-state index in [0.717, 1.165) is 145 Å². The molecule has 0 aromatic rings. The molecule has 18 nitrogen and oxygen atoms in total. The third kappa shape index (κ3) is 42.7. The summed E-state index contributed by atoms with van der Waals surface area (Å²) in [6, 6.07) is 0. The Kier molecular flexibility index (Phi) is 55.3. The second-order valence-electron chi connectivity index (χ2n) is 45.3. The molecule has 4 saturated carbocycles. The van der Waals surface area contributed by atoms with Crippen molar-refractivity contribution in [1.29, 1.82) is 0 Å². The second kappa shape index (κ2) is 60.2. The summed E-state index contributed by atoms with van der Waals surface area (Å²) in [7, 11) is 0. The first-order chi connectivity index (χ1) is 63.9. The maximum Gasteiger partial charge on any atom is 0.330 e. The predicted molar refractivity (Wildman–Crippen MR) is 568 cm³/mol. The zero-order valence-electron chi connectivity index (χ0n) is 90.6. The van der Waals surface area contributed by atoms with Crippen LogP contribution in [0.25, 0.3) is 0 Å². The largest absolute Gasteiger partial charge is 0.481 e. The molecule has 9 N–H and O–H groups in total. The van der Waals surface area contributed by atoms with Gasteiger partial charge in [-0.25, -0.2) is 14.4 Å². The minimum atomic E-state index is -0.981. The average Bonchev–Trinajstić information content (AvgIpc) is 0.745. The van der Waals surface area contributed by atoms with Crippen LogP contribution in [0, 0.1) is 139 Å². The number of allylic oxidation sites excluding steroid dienone is 27. The Bertz CT molecular complexity index is 4440. The van der Waals surface area contributed by atoms with Gasteiger partial charge in [0, 0.05) is 23.1 Å². The molecular formula is C120H188O18. The molecule has 4 fully saturated rings. The number of carboxylic acids is 9. The van der Waals surface area contributed by atoms with Gasteiger partial charge in [-0.2, -0.15) is 0 Å². The van der Waals surface area contributed by atoms with Gasteiger partial charge in [0.25, 0.3) is 0 Å². The van der Waals surface area contributed by atoms with Crippen LogP contribution < -0.4 is 0 Å². The fourth-order valence-corrected chi connectivity index (χ4v) is 20.7. The quantitative estimate of drug-likeness (QED) is 0.0303. The molecule has 0 aromatic heterocycles. The molecule has 8 unspecified atom stereocenters. The van der Waals surface area contributed by atoms with Crippen LogP contribution in [0.15, 0.2) is 203 Å². The van der Waals surface area contributed by atoms with Crippen molar-refractivity contribution in [1.82, 2.24) is 0 Å². The van der Waals surface area contributed by atoms with E-state index in [-0.39, 0.29) is 56.8 Å². The maximum atomic E-state index is 11.4. The molecule has 16 rings (SSSR count). The Morgan fingerprint density at radius 3 is 1.41 bits per heavy atom. The molecular weight excluding hydrogens is 1730 g/mol. The lowest BCUT2D eigenvalue weighted by molar-refractivity contribution is -0.152. The maximum absolute atomic E-state index is 11.4. The van der Waals surface area contributed by atoms with E-state index in [1.807, 2.05) is 19.9 Å². The third-order valence-corrected chi connectivity index (χ3v) is 31.3. The van der Waals surface area contributed by atoms with E-state index >= 15 is 0 Å². The van der Waals surface area contributed by atoms with Crippen molar-refractivity contribution in [3.05, 3.63) is 203 Å². The van der Waals surface area contributed by atoms with Crippen LogP contribution in [0.1, 0.15) is 354 Å². The Morgan fingerprint density at radius 1 is 0.500 bits per heavy atom.